The summed E-state index contributed by atoms with van der Waals surface area (Å²) in [6.07, 6.45) is 2.78. The SMILES string of the molecule is CCC(C)N(CC(=O)N(CCOC)Cc1cccn1C)C(=O)C(C)C. The zero-order chi connectivity index (χ0) is 19.0. The summed E-state index contributed by atoms with van der Waals surface area (Å²) in [4.78, 5) is 28.9. The number of carbonyl (C=O) groups excluding carboxylic acids is 2. The van der Waals surface area contributed by atoms with Gasteiger partial charge in [0.25, 0.3) is 0 Å². The van der Waals surface area contributed by atoms with Crippen LogP contribution in [0.1, 0.15) is 39.8 Å². The molecule has 0 aromatic carbocycles. The fourth-order valence-corrected chi connectivity index (χ4v) is 2.60. The molecule has 0 radical (unpaired) electrons. The molecule has 0 N–H and O–H groups in total. The van der Waals surface area contributed by atoms with Gasteiger partial charge in [-0.15, -0.1) is 0 Å². The molecule has 1 unspecified atom stereocenters. The van der Waals surface area contributed by atoms with Gasteiger partial charge in [0.05, 0.1) is 13.2 Å². The average molecular weight is 351 g/mol. The molecule has 25 heavy (non-hydrogen) atoms. The van der Waals surface area contributed by atoms with Gasteiger partial charge >= 0.3 is 0 Å². The van der Waals surface area contributed by atoms with Crippen molar-refractivity contribution in [2.75, 3.05) is 26.8 Å². The minimum absolute atomic E-state index is 0.0215. The molecule has 1 aromatic heterocycles. The van der Waals surface area contributed by atoms with Gasteiger partial charge in [-0.2, -0.15) is 0 Å². The van der Waals surface area contributed by atoms with E-state index in [-0.39, 0.29) is 30.3 Å². The number of aromatic nitrogens is 1. The van der Waals surface area contributed by atoms with Crippen molar-refractivity contribution in [3.8, 4) is 0 Å². The van der Waals surface area contributed by atoms with E-state index in [1.807, 2.05) is 57.6 Å². The Kier molecular flexibility index (Phi) is 8.69. The summed E-state index contributed by atoms with van der Waals surface area (Å²) >= 11 is 0. The Balaban J connectivity index is 2.90. The lowest BCUT2D eigenvalue weighted by Crippen LogP contribution is -2.48. The maximum absolute atomic E-state index is 12.9. The van der Waals surface area contributed by atoms with Crippen molar-refractivity contribution in [3.05, 3.63) is 24.0 Å². The highest BCUT2D eigenvalue weighted by Gasteiger charge is 2.26. The highest BCUT2D eigenvalue weighted by Crippen LogP contribution is 2.12. The fraction of sp³-hybridized carbons (Fsp3) is 0.684. The number of methoxy groups -OCH3 is 1. The van der Waals surface area contributed by atoms with Gasteiger partial charge in [0.15, 0.2) is 0 Å². The van der Waals surface area contributed by atoms with Crippen LogP contribution in [-0.4, -0.2) is 59.0 Å². The van der Waals surface area contributed by atoms with Crippen molar-refractivity contribution in [2.24, 2.45) is 13.0 Å². The smallest absolute Gasteiger partial charge is 0.242 e. The second-order valence-corrected chi connectivity index (χ2v) is 6.80. The van der Waals surface area contributed by atoms with Gasteiger partial charge in [-0.05, 0) is 25.5 Å². The van der Waals surface area contributed by atoms with Crippen LogP contribution in [0.15, 0.2) is 18.3 Å². The number of nitrogens with zero attached hydrogens (tertiary/aromatic N) is 3. The Hall–Kier alpha value is -1.82. The predicted octanol–water partition coefficient (Wildman–Crippen LogP) is 2.28. The first kappa shape index (κ1) is 21.2. The molecule has 0 bridgehead atoms. The van der Waals surface area contributed by atoms with Crippen LogP contribution in [0.3, 0.4) is 0 Å². The number of ether oxygens (including phenoxy) is 1. The predicted molar refractivity (Wildman–Crippen MR) is 99.0 cm³/mol. The molecule has 1 rings (SSSR count). The van der Waals surface area contributed by atoms with E-state index in [4.69, 9.17) is 4.74 Å². The first-order valence-electron chi connectivity index (χ1n) is 8.99. The van der Waals surface area contributed by atoms with Crippen molar-refractivity contribution in [2.45, 2.75) is 46.7 Å². The lowest BCUT2D eigenvalue weighted by atomic mass is 10.1. The van der Waals surface area contributed by atoms with E-state index < -0.39 is 0 Å². The molecule has 0 aliphatic rings. The minimum Gasteiger partial charge on any atom is -0.383 e. The Morgan fingerprint density at radius 3 is 2.44 bits per heavy atom. The van der Waals surface area contributed by atoms with E-state index in [9.17, 15) is 9.59 Å². The van der Waals surface area contributed by atoms with Crippen LogP contribution in [0.5, 0.6) is 0 Å². The van der Waals surface area contributed by atoms with Gasteiger partial charge in [-0.25, -0.2) is 0 Å². The van der Waals surface area contributed by atoms with E-state index in [1.165, 1.54) is 0 Å². The normalized spacial score (nSPS) is 12.3. The molecular formula is C19H33N3O3. The zero-order valence-corrected chi connectivity index (χ0v) is 16.5. The van der Waals surface area contributed by atoms with E-state index in [1.54, 1.807) is 16.9 Å². The zero-order valence-electron chi connectivity index (χ0n) is 16.5. The number of carbonyl (C=O) groups is 2. The third kappa shape index (κ3) is 6.20. The molecular weight excluding hydrogens is 318 g/mol. The molecule has 0 saturated heterocycles. The first-order chi connectivity index (χ1) is 11.8. The van der Waals surface area contributed by atoms with Crippen molar-refractivity contribution >= 4 is 11.8 Å². The van der Waals surface area contributed by atoms with Gasteiger partial charge in [0.2, 0.25) is 11.8 Å². The molecule has 1 aromatic rings. The van der Waals surface area contributed by atoms with Crippen LogP contribution in [0, 0.1) is 5.92 Å². The molecule has 1 atom stereocenters. The number of hydrogen-bond acceptors (Lipinski definition) is 3. The molecule has 1 heterocycles. The van der Waals surface area contributed by atoms with Crippen LogP contribution < -0.4 is 0 Å². The van der Waals surface area contributed by atoms with Gasteiger partial charge in [0, 0.05) is 44.6 Å². The molecule has 0 spiro atoms. The van der Waals surface area contributed by atoms with E-state index in [0.717, 1.165) is 12.1 Å². The van der Waals surface area contributed by atoms with E-state index in [2.05, 4.69) is 0 Å². The summed E-state index contributed by atoms with van der Waals surface area (Å²) in [5.41, 5.74) is 1.05. The van der Waals surface area contributed by atoms with Crippen LogP contribution in [0.25, 0.3) is 0 Å². The highest BCUT2D eigenvalue weighted by molar-refractivity contribution is 5.86. The largest absolute Gasteiger partial charge is 0.383 e. The monoisotopic (exact) mass is 351 g/mol. The summed E-state index contributed by atoms with van der Waals surface area (Å²) in [5.74, 6) is -0.150. The molecule has 0 fully saturated rings. The Labute approximate surface area is 151 Å². The fourth-order valence-electron chi connectivity index (χ4n) is 2.60. The van der Waals surface area contributed by atoms with Crippen molar-refractivity contribution in [1.29, 1.82) is 0 Å². The first-order valence-corrected chi connectivity index (χ1v) is 8.99. The van der Waals surface area contributed by atoms with Gasteiger partial charge in [-0.3, -0.25) is 9.59 Å². The average Bonchev–Trinajstić information content (AvgIpc) is 2.99. The number of aryl methyl sites for hydroxylation is 1. The second-order valence-electron chi connectivity index (χ2n) is 6.80. The van der Waals surface area contributed by atoms with Crippen LogP contribution >= 0.6 is 0 Å². The Morgan fingerprint density at radius 2 is 1.96 bits per heavy atom. The summed E-state index contributed by atoms with van der Waals surface area (Å²) < 4.78 is 7.15. The van der Waals surface area contributed by atoms with Crippen LogP contribution in [0.2, 0.25) is 0 Å². The van der Waals surface area contributed by atoms with E-state index >= 15 is 0 Å². The maximum atomic E-state index is 12.9. The van der Waals surface area contributed by atoms with Crippen molar-refractivity contribution < 1.29 is 14.3 Å². The van der Waals surface area contributed by atoms with Crippen LogP contribution in [-0.2, 0) is 27.9 Å². The topological polar surface area (TPSA) is 54.8 Å². The van der Waals surface area contributed by atoms with Crippen LogP contribution in [0.4, 0.5) is 0 Å². The number of amides is 2. The third-order valence-corrected chi connectivity index (χ3v) is 4.53. The van der Waals surface area contributed by atoms with E-state index in [0.29, 0.717) is 19.7 Å². The molecule has 2 amide bonds. The summed E-state index contributed by atoms with van der Waals surface area (Å²) in [6, 6.07) is 4.00. The second kappa shape index (κ2) is 10.2. The summed E-state index contributed by atoms with van der Waals surface area (Å²) in [6.45, 7) is 9.36. The Morgan fingerprint density at radius 1 is 1.28 bits per heavy atom. The molecule has 142 valence electrons. The Bertz CT molecular complexity index is 554. The molecule has 6 heteroatoms. The van der Waals surface area contributed by atoms with Gasteiger partial charge in [0.1, 0.15) is 6.54 Å². The third-order valence-electron chi connectivity index (χ3n) is 4.53. The highest BCUT2D eigenvalue weighted by atomic mass is 16.5. The standard InChI is InChI=1S/C19H33N3O3/c1-7-16(4)22(19(24)15(2)3)14-18(23)21(11-12-25-6)13-17-9-8-10-20(17)5/h8-10,15-16H,7,11-14H2,1-6H3. The summed E-state index contributed by atoms with van der Waals surface area (Å²) in [5, 5.41) is 0. The van der Waals surface area contributed by atoms with Gasteiger partial charge < -0.3 is 19.1 Å². The molecule has 6 nitrogen and oxygen atoms in total. The molecule has 0 aliphatic carbocycles. The maximum Gasteiger partial charge on any atom is 0.242 e. The summed E-state index contributed by atoms with van der Waals surface area (Å²) in [7, 11) is 3.58. The van der Waals surface area contributed by atoms with Crippen molar-refractivity contribution in [3.63, 3.8) is 0 Å². The number of hydrogen-bond donors (Lipinski definition) is 0. The molecule has 0 saturated carbocycles. The lowest BCUT2D eigenvalue weighted by molar-refractivity contribution is -0.144. The molecule has 0 aliphatic heterocycles. The minimum atomic E-state index is -0.123. The van der Waals surface area contributed by atoms with Gasteiger partial charge in [-0.1, -0.05) is 20.8 Å². The lowest BCUT2D eigenvalue weighted by Gasteiger charge is -2.32. The quantitative estimate of drug-likeness (QED) is 0.650. The van der Waals surface area contributed by atoms with Crippen molar-refractivity contribution in [1.82, 2.24) is 14.4 Å². The number of rotatable bonds is 10.